The Bertz CT molecular complexity index is 768. The van der Waals surface area contributed by atoms with Gasteiger partial charge in [0.25, 0.3) is 0 Å². The Morgan fingerprint density at radius 1 is 1.12 bits per heavy atom. The minimum absolute atomic E-state index is 0.161. The van der Waals surface area contributed by atoms with E-state index in [2.05, 4.69) is 0 Å². The number of nitrogens with zero attached hydrogens (tertiary/aromatic N) is 1. The Labute approximate surface area is 155 Å². The number of thioether (sulfide) groups is 1. The molecule has 0 aliphatic carbocycles. The number of carboxylic acids is 1. The van der Waals surface area contributed by atoms with Crippen LogP contribution in [0.4, 0.5) is 0 Å². The van der Waals surface area contributed by atoms with E-state index in [0.717, 1.165) is 11.1 Å². The van der Waals surface area contributed by atoms with Crippen LogP contribution in [0.5, 0.6) is 0 Å². The number of rotatable bonds is 5. The highest BCUT2D eigenvalue weighted by molar-refractivity contribution is 7.99. The summed E-state index contributed by atoms with van der Waals surface area (Å²) >= 11 is 7.72. The van der Waals surface area contributed by atoms with E-state index in [1.54, 1.807) is 6.07 Å². The van der Waals surface area contributed by atoms with Crippen LogP contribution in [0.2, 0.25) is 5.02 Å². The number of hydrogen-bond acceptors (Lipinski definition) is 3. The molecule has 2 atom stereocenters. The van der Waals surface area contributed by atoms with E-state index >= 15 is 0 Å². The van der Waals surface area contributed by atoms with Crippen molar-refractivity contribution in [3.63, 3.8) is 0 Å². The first-order valence-electron chi connectivity index (χ1n) is 8.02. The van der Waals surface area contributed by atoms with Gasteiger partial charge in [-0.25, -0.2) is 4.79 Å². The molecule has 1 fully saturated rings. The summed E-state index contributed by atoms with van der Waals surface area (Å²) in [4.78, 5) is 25.9. The first-order chi connectivity index (χ1) is 12.1. The fourth-order valence-corrected chi connectivity index (χ4v) is 4.72. The second kappa shape index (κ2) is 7.93. The number of hydrogen-bond donors (Lipinski definition) is 1. The minimum atomic E-state index is -0.977. The van der Waals surface area contributed by atoms with Gasteiger partial charge in [0.1, 0.15) is 11.4 Å². The number of carboxylic acid groups (broad SMARTS) is 1. The van der Waals surface area contributed by atoms with Crippen LogP contribution < -0.4 is 0 Å². The second-order valence-corrected chi connectivity index (χ2v) is 7.37. The molecule has 1 heterocycles. The standard InChI is InChI=1S/C19H18ClNO3S/c20-15-9-5-4-8-14(15)18-21(16(12-25-18)19(23)24)17(22)11-10-13-6-2-1-3-7-13/h1-9,16,18H,10-12H2,(H,23,24). The molecule has 0 spiro atoms. The Morgan fingerprint density at radius 3 is 2.48 bits per heavy atom. The lowest BCUT2D eigenvalue weighted by atomic mass is 10.1. The highest BCUT2D eigenvalue weighted by Gasteiger charge is 2.42. The summed E-state index contributed by atoms with van der Waals surface area (Å²) in [5.74, 6) is -0.774. The molecule has 3 rings (SSSR count). The highest BCUT2D eigenvalue weighted by Crippen LogP contribution is 2.44. The summed E-state index contributed by atoms with van der Waals surface area (Å²) in [6.07, 6.45) is 0.859. The van der Waals surface area contributed by atoms with Crippen LogP contribution in [-0.2, 0) is 16.0 Å². The molecule has 2 aromatic rings. The van der Waals surface area contributed by atoms with Gasteiger partial charge in [0.05, 0.1) is 0 Å². The summed E-state index contributed by atoms with van der Waals surface area (Å²) in [5, 5.41) is 9.70. The van der Waals surface area contributed by atoms with E-state index in [4.69, 9.17) is 11.6 Å². The molecule has 130 valence electrons. The molecule has 0 saturated carbocycles. The van der Waals surface area contributed by atoms with Crippen molar-refractivity contribution in [2.24, 2.45) is 0 Å². The lowest BCUT2D eigenvalue weighted by Gasteiger charge is -2.28. The summed E-state index contributed by atoms with van der Waals surface area (Å²) < 4.78 is 0. The van der Waals surface area contributed by atoms with Crippen LogP contribution in [0.3, 0.4) is 0 Å². The monoisotopic (exact) mass is 375 g/mol. The Balaban J connectivity index is 1.81. The topological polar surface area (TPSA) is 57.6 Å². The van der Waals surface area contributed by atoms with Gasteiger partial charge in [-0.2, -0.15) is 0 Å². The largest absolute Gasteiger partial charge is 0.480 e. The van der Waals surface area contributed by atoms with Crippen molar-refractivity contribution in [1.29, 1.82) is 0 Å². The van der Waals surface area contributed by atoms with E-state index in [9.17, 15) is 14.7 Å². The predicted molar refractivity (Wildman–Crippen MR) is 99.7 cm³/mol. The number of aryl methyl sites for hydroxylation is 1. The molecule has 6 heteroatoms. The quantitative estimate of drug-likeness (QED) is 0.858. The fourth-order valence-electron chi connectivity index (χ4n) is 2.94. The van der Waals surface area contributed by atoms with Gasteiger partial charge in [-0.05, 0) is 18.1 Å². The van der Waals surface area contributed by atoms with Gasteiger partial charge in [0.2, 0.25) is 5.91 Å². The van der Waals surface area contributed by atoms with Crippen LogP contribution in [0.15, 0.2) is 54.6 Å². The summed E-state index contributed by atoms with van der Waals surface area (Å²) in [6, 6.07) is 16.2. The molecule has 4 nitrogen and oxygen atoms in total. The molecule has 1 amide bonds. The number of aliphatic carboxylic acids is 1. The fraction of sp³-hybridized carbons (Fsp3) is 0.263. The maximum atomic E-state index is 12.8. The van der Waals surface area contributed by atoms with Crippen molar-refractivity contribution in [2.75, 3.05) is 5.75 Å². The average molecular weight is 376 g/mol. The van der Waals surface area contributed by atoms with Crippen molar-refractivity contribution in [1.82, 2.24) is 4.90 Å². The van der Waals surface area contributed by atoms with Crippen LogP contribution >= 0.6 is 23.4 Å². The zero-order chi connectivity index (χ0) is 17.8. The van der Waals surface area contributed by atoms with Crippen molar-refractivity contribution >= 4 is 35.2 Å². The number of carbonyl (C=O) groups is 2. The number of halogens is 1. The van der Waals surface area contributed by atoms with Crippen LogP contribution in [0, 0.1) is 0 Å². The number of carbonyl (C=O) groups excluding carboxylic acids is 1. The van der Waals surface area contributed by atoms with Gasteiger partial charge in [-0.15, -0.1) is 11.8 Å². The van der Waals surface area contributed by atoms with Crippen LogP contribution in [0.25, 0.3) is 0 Å². The molecule has 0 bridgehead atoms. The molecule has 1 aliphatic heterocycles. The molecule has 0 aromatic heterocycles. The predicted octanol–water partition coefficient (Wildman–Crippen LogP) is 4.00. The smallest absolute Gasteiger partial charge is 0.327 e. The van der Waals surface area contributed by atoms with Crippen molar-refractivity contribution < 1.29 is 14.7 Å². The second-order valence-electron chi connectivity index (χ2n) is 5.85. The molecule has 0 radical (unpaired) electrons. The Morgan fingerprint density at radius 2 is 1.80 bits per heavy atom. The third-order valence-electron chi connectivity index (χ3n) is 4.22. The third kappa shape index (κ3) is 3.99. The lowest BCUT2D eigenvalue weighted by molar-refractivity contribution is -0.149. The van der Waals surface area contributed by atoms with Gasteiger partial charge < -0.3 is 10.0 Å². The normalized spacial score (nSPS) is 19.8. The maximum absolute atomic E-state index is 12.8. The lowest BCUT2D eigenvalue weighted by Crippen LogP contribution is -2.43. The SMILES string of the molecule is O=C(O)C1CSC(c2ccccc2Cl)N1C(=O)CCc1ccccc1. The molecule has 1 N–H and O–H groups in total. The van der Waals surface area contributed by atoms with Gasteiger partial charge >= 0.3 is 5.97 Å². The average Bonchev–Trinajstić information content (AvgIpc) is 3.06. The molecule has 1 saturated heterocycles. The first-order valence-corrected chi connectivity index (χ1v) is 9.44. The summed E-state index contributed by atoms with van der Waals surface area (Å²) in [6.45, 7) is 0. The third-order valence-corrected chi connectivity index (χ3v) is 5.86. The zero-order valence-corrected chi connectivity index (χ0v) is 15.0. The van der Waals surface area contributed by atoms with E-state index in [1.807, 2.05) is 48.5 Å². The van der Waals surface area contributed by atoms with Crippen molar-refractivity contribution in [2.45, 2.75) is 24.3 Å². The van der Waals surface area contributed by atoms with E-state index in [1.165, 1.54) is 16.7 Å². The molecule has 25 heavy (non-hydrogen) atoms. The summed E-state index contributed by atoms with van der Waals surface area (Å²) in [5.41, 5.74) is 1.84. The molecule has 2 aromatic carbocycles. The minimum Gasteiger partial charge on any atom is -0.480 e. The summed E-state index contributed by atoms with van der Waals surface area (Å²) in [7, 11) is 0. The van der Waals surface area contributed by atoms with E-state index in [0.29, 0.717) is 17.2 Å². The van der Waals surface area contributed by atoms with Gasteiger partial charge in [-0.1, -0.05) is 60.1 Å². The van der Waals surface area contributed by atoms with Gasteiger partial charge in [0, 0.05) is 22.8 Å². The molecular weight excluding hydrogens is 358 g/mol. The highest BCUT2D eigenvalue weighted by atomic mass is 35.5. The number of amides is 1. The molecule has 1 aliphatic rings. The van der Waals surface area contributed by atoms with Crippen LogP contribution in [0.1, 0.15) is 22.9 Å². The molecular formula is C19H18ClNO3S. The van der Waals surface area contributed by atoms with Gasteiger partial charge in [-0.3, -0.25) is 4.79 Å². The van der Waals surface area contributed by atoms with Crippen molar-refractivity contribution in [3.8, 4) is 0 Å². The van der Waals surface area contributed by atoms with Gasteiger partial charge in [0.15, 0.2) is 0 Å². The Hall–Kier alpha value is -1.98. The van der Waals surface area contributed by atoms with E-state index < -0.39 is 12.0 Å². The first kappa shape index (κ1) is 17.8. The maximum Gasteiger partial charge on any atom is 0.327 e. The zero-order valence-electron chi connectivity index (χ0n) is 13.5. The van der Waals surface area contributed by atoms with Crippen molar-refractivity contribution in [3.05, 3.63) is 70.7 Å². The Kier molecular flexibility index (Phi) is 5.66. The number of benzene rings is 2. The van der Waals surface area contributed by atoms with E-state index in [-0.39, 0.29) is 17.7 Å². The molecule has 2 unspecified atom stereocenters. The van der Waals surface area contributed by atoms with Crippen LogP contribution in [-0.4, -0.2) is 33.7 Å².